The molecule has 0 saturated carbocycles. The number of amides is 1. The number of nitrogens with zero attached hydrogens (tertiary/aromatic N) is 3. The minimum Gasteiger partial charge on any atom is -0.336 e. The van der Waals surface area contributed by atoms with E-state index in [9.17, 15) is 4.79 Å². The van der Waals surface area contributed by atoms with Gasteiger partial charge in [-0.2, -0.15) is 0 Å². The van der Waals surface area contributed by atoms with Crippen molar-refractivity contribution in [3.63, 3.8) is 0 Å². The van der Waals surface area contributed by atoms with Crippen molar-refractivity contribution in [3.8, 4) is 0 Å². The third kappa shape index (κ3) is 2.91. The van der Waals surface area contributed by atoms with Gasteiger partial charge in [0.05, 0.1) is 5.56 Å². The Morgan fingerprint density at radius 2 is 2.18 bits per heavy atom. The van der Waals surface area contributed by atoms with Gasteiger partial charge in [0, 0.05) is 45.1 Å². The average Bonchev–Trinajstić information content (AvgIpc) is 2.40. The van der Waals surface area contributed by atoms with E-state index in [0.717, 1.165) is 32.7 Å². The number of carbonyl (C=O) groups is 1. The Morgan fingerprint density at radius 1 is 1.41 bits per heavy atom. The second kappa shape index (κ2) is 5.59. The number of carbonyl (C=O) groups excluding carboxylic acids is 1. The normalized spacial score (nSPS) is 16.8. The molecule has 1 amide bonds. The Kier molecular flexibility index (Phi) is 3.88. The highest BCUT2D eigenvalue weighted by Crippen LogP contribution is 2.07. The predicted molar refractivity (Wildman–Crippen MR) is 66.8 cm³/mol. The van der Waals surface area contributed by atoms with Crippen LogP contribution in [0.25, 0.3) is 0 Å². The van der Waals surface area contributed by atoms with Crippen molar-refractivity contribution in [3.05, 3.63) is 42.7 Å². The van der Waals surface area contributed by atoms with Crippen LogP contribution in [0.4, 0.5) is 0 Å². The van der Waals surface area contributed by atoms with Crippen molar-refractivity contribution in [1.82, 2.24) is 14.8 Å². The van der Waals surface area contributed by atoms with Gasteiger partial charge < -0.3 is 4.90 Å². The lowest BCUT2D eigenvalue weighted by Crippen LogP contribution is -2.48. The molecule has 1 aromatic heterocycles. The van der Waals surface area contributed by atoms with Gasteiger partial charge in [-0.25, -0.2) is 0 Å². The first-order valence-electron chi connectivity index (χ1n) is 5.84. The molecule has 17 heavy (non-hydrogen) atoms. The predicted octanol–water partition coefficient (Wildman–Crippen LogP) is 1.03. The van der Waals surface area contributed by atoms with Crippen LogP contribution < -0.4 is 0 Å². The molecule has 0 radical (unpaired) electrons. The Labute approximate surface area is 102 Å². The van der Waals surface area contributed by atoms with Gasteiger partial charge in [-0.05, 0) is 12.1 Å². The molecule has 0 bridgehead atoms. The molecule has 2 heterocycles. The Hall–Kier alpha value is -1.68. The Morgan fingerprint density at radius 3 is 2.76 bits per heavy atom. The van der Waals surface area contributed by atoms with E-state index >= 15 is 0 Å². The van der Waals surface area contributed by atoms with Gasteiger partial charge in [0.1, 0.15) is 0 Å². The van der Waals surface area contributed by atoms with Crippen LogP contribution in [-0.2, 0) is 0 Å². The number of pyridine rings is 1. The molecule has 0 atom stereocenters. The second-order valence-electron chi connectivity index (χ2n) is 4.12. The lowest BCUT2D eigenvalue weighted by atomic mass is 10.2. The van der Waals surface area contributed by atoms with Crippen molar-refractivity contribution in [1.29, 1.82) is 0 Å². The maximum atomic E-state index is 12.1. The molecule has 0 aliphatic carbocycles. The van der Waals surface area contributed by atoms with Gasteiger partial charge in [-0.3, -0.25) is 14.7 Å². The zero-order valence-corrected chi connectivity index (χ0v) is 9.88. The maximum absolute atomic E-state index is 12.1. The summed E-state index contributed by atoms with van der Waals surface area (Å²) in [5.41, 5.74) is 0.671. The minimum absolute atomic E-state index is 0.0800. The maximum Gasteiger partial charge on any atom is 0.255 e. The van der Waals surface area contributed by atoms with Crippen molar-refractivity contribution in [2.45, 2.75) is 0 Å². The van der Waals surface area contributed by atoms with E-state index in [0.29, 0.717) is 5.56 Å². The molecule has 0 aromatic carbocycles. The molecular formula is C13H17N3O. The summed E-state index contributed by atoms with van der Waals surface area (Å²) >= 11 is 0. The number of piperazine rings is 1. The summed E-state index contributed by atoms with van der Waals surface area (Å²) in [6.45, 7) is 8.01. The van der Waals surface area contributed by atoms with Crippen LogP contribution >= 0.6 is 0 Å². The van der Waals surface area contributed by atoms with E-state index in [-0.39, 0.29) is 5.91 Å². The SMILES string of the molecule is C=CCN1CCN(C(=O)c2cccnc2)CC1. The largest absolute Gasteiger partial charge is 0.336 e. The molecule has 1 fully saturated rings. The summed E-state index contributed by atoms with van der Waals surface area (Å²) in [6, 6.07) is 3.60. The number of rotatable bonds is 3. The first kappa shape index (κ1) is 11.8. The molecule has 4 nitrogen and oxygen atoms in total. The molecule has 2 rings (SSSR count). The van der Waals surface area contributed by atoms with Gasteiger partial charge in [-0.15, -0.1) is 6.58 Å². The molecule has 0 N–H and O–H groups in total. The smallest absolute Gasteiger partial charge is 0.255 e. The van der Waals surface area contributed by atoms with Crippen molar-refractivity contribution >= 4 is 5.91 Å². The molecular weight excluding hydrogens is 214 g/mol. The average molecular weight is 231 g/mol. The summed E-state index contributed by atoms with van der Waals surface area (Å²) in [5, 5.41) is 0. The summed E-state index contributed by atoms with van der Waals surface area (Å²) in [4.78, 5) is 20.3. The van der Waals surface area contributed by atoms with Gasteiger partial charge in [-0.1, -0.05) is 6.08 Å². The molecule has 1 aromatic rings. The van der Waals surface area contributed by atoms with Crippen LogP contribution in [0.2, 0.25) is 0 Å². The molecule has 0 spiro atoms. The highest BCUT2D eigenvalue weighted by atomic mass is 16.2. The summed E-state index contributed by atoms with van der Waals surface area (Å²) < 4.78 is 0. The fourth-order valence-electron chi connectivity index (χ4n) is 1.99. The van der Waals surface area contributed by atoms with E-state index in [2.05, 4.69) is 16.5 Å². The van der Waals surface area contributed by atoms with Crippen molar-refractivity contribution in [2.24, 2.45) is 0 Å². The third-order valence-corrected chi connectivity index (χ3v) is 2.96. The molecule has 1 aliphatic heterocycles. The quantitative estimate of drug-likeness (QED) is 0.729. The van der Waals surface area contributed by atoms with Gasteiger partial charge in [0.25, 0.3) is 5.91 Å². The fourth-order valence-corrected chi connectivity index (χ4v) is 1.99. The monoisotopic (exact) mass is 231 g/mol. The summed E-state index contributed by atoms with van der Waals surface area (Å²) in [5.74, 6) is 0.0800. The zero-order valence-electron chi connectivity index (χ0n) is 9.88. The van der Waals surface area contributed by atoms with Gasteiger partial charge in [0.2, 0.25) is 0 Å². The van der Waals surface area contributed by atoms with E-state index < -0.39 is 0 Å². The first-order valence-corrected chi connectivity index (χ1v) is 5.84. The van der Waals surface area contributed by atoms with Crippen LogP contribution in [0, 0.1) is 0 Å². The fraction of sp³-hybridized carbons (Fsp3) is 0.385. The third-order valence-electron chi connectivity index (χ3n) is 2.96. The molecule has 4 heteroatoms. The summed E-state index contributed by atoms with van der Waals surface area (Å²) in [6.07, 6.45) is 5.20. The number of hydrogen-bond acceptors (Lipinski definition) is 3. The van der Waals surface area contributed by atoms with Crippen LogP contribution in [-0.4, -0.2) is 53.4 Å². The van der Waals surface area contributed by atoms with Crippen LogP contribution in [0.1, 0.15) is 10.4 Å². The van der Waals surface area contributed by atoms with Crippen LogP contribution in [0.3, 0.4) is 0 Å². The van der Waals surface area contributed by atoms with Crippen LogP contribution in [0.15, 0.2) is 37.2 Å². The van der Waals surface area contributed by atoms with Crippen LogP contribution in [0.5, 0.6) is 0 Å². The Bertz CT molecular complexity index is 383. The van der Waals surface area contributed by atoms with Gasteiger partial charge >= 0.3 is 0 Å². The van der Waals surface area contributed by atoms with Crippen molar-refractivity contribution < 1.29 is 4.79 Å². The minimum atomic E-state index is 0.0800. The number of hydrogen-bond donors (Lipinski definition) is 0. The highest BCUT2D eigenvalue weighted by molar-refractivity contribution is 5.93. The zero-order chi connectivity index (χ0) is 12.1. The molecule has 1 aliphatic rings. The van der Waals surface area contributed by atoms with E-state index in [1.807, 2.05) is 17.0 Å². The molecule has 0 unspecified atom stereocenters. The Balaban J connectivity index is 1.93. The lowest BCUT2D eigenvalue weighted by Gasteiger charge is -2.34. The van der Waals surface area contributed by atoms with E-state index in [4.69, 9.17) is 0 Å². The molecule has 90 valence electrons. The molecule has 1 saturated heterocycles. The van der Waals surface area contributed by atoms with E-state index in [1.165, 1.54) is 0 Å². The lowest BCUT2D eigenvalue weighted by molar-refractivity contribution is 0.0650. The topological polar surface area (TPSA) is 36.4 Å². The van der Waals surface area contributed by atoms with E-state index in [1.54, 1.807) is 18.5 Å². The van der Waals surface area contributed by atoms with Crippen molar-refractivity contribution in [2.75, 3.05) is 32.7 Å². The standard InChI is InChI=1S/C13H17N3O/c1-2-6-15-7-9-16(10-8-15)13(17)12-4-3-5-14-11-12/h2-5,11H,1,6-10H2. The van der Waals surface area contributed by atoms with Gasteiger partial charge in [0.15, 0.2) is 0 Å². The second-order valence-corrected chi connectivity index (χ2v) is 4.12. The highest BCUT2D eigenvalue weighted by Gasteiger charge is 2.21. The number of aromatic nitrogens is 1. The first-order chi connectivity index (χ1) is 8.31. The summed E-state index contributed by atoms with van der Waals surface area (Å²) in [7, 11) is 0.